The second kappa shape index (κ2) is 5.88. The molecule has 98 valence electrons. The molecule has 0 aliphatic heterocycles. The van der Waals surface area contributed by atoms with Gasteiger partial charge in [0.2, 0.25) is 0 Å². The molecule has 0 aliphatic rings. The number of sulfonamides is 1. The molecule has 0 aromatic carbocycles. The van der Waals surface area contributed by atoms with Crippen LogP contribution >= 0.6 is 11.8 Å². The van der Waals surface area contributed by atoms with Crippen molar-refractivity contribution < 1.29 is 8.42 Å². The van der Waals surface area contributed by atoms with E-state index in [-0.39, 0.29) is 10.9 Å². The molecule has 1 aromatic heterocycles. The summed E-state index contributed by atoms with van der Waals surface area (Å²) in [7, 11) is -3.71. The van der Waals surface area contributed by atoms with Crippen LogP contribution in [0, 0.1) is 0 Å². The van der Waals surface area contributed by atoms with Gasteiger partial charge in [0.25, 0.3) is 10.0 Å². The predicted molar refractivity (Wildman–Crippen MR) is 70.7 cm³/mol. The van der Waals surface area contributed by atoms with Crippen molar-refractivity contribution in [3.05, 3.63) is 12.0 Å². The number of nitrogens with zero attached hydrogens (tertiary/aromatic N) is 2. The van der Waals surface area contributed by atoms with Gasteiger partial charge in [-0.15, -0.1) is 0 Å². The van der Waals surface area contributed by atoms with Crippen LogP contribution in [0.15, 0.2) is 11.2 Å². The van der Waals surface area contributed by atoms with Crippen LogP contribution in [0.3, 0.4) is 0 Å². The first-order chi connectivity index (χ1) is 7.86. The van der Waals surface area contributed by atoms with Crippen LogP contribution in [0.25, 0.3) is 0 Å². The van der Waals surface area contributed by atoms with Crippen molar-refractivity contribution in [3.8, 4) is 0 Å². The third-order valence-electron chi connectivity index (χ3n) is 2.34. The molecule has 5 nitrogen and oxygen atoms in total. The Balaban J connectivity index is 2.98. The van der Waals surface area contributed by atoms with Gasteiger partial charge in [0.15, 0.2) is 5.03 Å². The van der Waals surface area contributed by atoms with Crippen molar-refractivity contribution in [3.63, 3.8) is 0 Å². The number of imidazole rings is 1. The zero-order chi connectivity index (χ0) is 13.1. The average molecular weight is 277 g/mol. The number of rotatable bonds is 6. The van der Waals surface area contributed by atoms with Crippen molar-refractivity contribution in [2.75, 3.05) is 12.0 Å². The quantitative estimate of drug-likeness (QED) is 0.797. The summed E-state index contributed by atoms with van der Waals surface area (Å²) in [5.41, 5.74) is 0. The van der Waals surface area contributed by atoms with Crippen LogP contribution in [0.5, 0.6) is 0 Å². The summed E-state index contributed by atoms with van der Waals surface area (Å²) >= 11 is 1.77. The maximum atomic E-state index is 11.2. The van der Waals surface area contributed by atoms with E-state index in [2.05, 4.69) is 4.98 Å². The monoisotopic (exact) mass is 277 g/mol. The fourth-order valence-corrected chi connectivity index (χ4v) is 2.47. The van der Waals surface area contributed by atoms with Crippen molar-refractivity contribution in [1.29, 1.82) is 0 Å². The van der Waals surface area contributed by atoms with E-state index in [1.807, 2.05) is 24.7 Å². The largest absolute Gasteiger partial charge is 0.333 e. The van der Waals surface area contributed by atoms with Gasteiger partial charge in [-0.1, -0.05) is 13.8 Å². The zero-order valence-electron chi connectivity index (χ0n) is 10.4. The Kier molecular flexibility index (Phi) is 5.03. The minimum atomic E-state index is -3.71. The third-order valence-corrected chi connectivity index (χ3v) is 3.82. The first-order valence-corrected chi connectivity index (χ1v) is 8.39. The molecule has 0 fully saturated rings. The van der Waals surface area contributed by atoms with E-state index >= 15 is 0 Å². The molecule has 1 heterocycles. The van der Waals surface area contributed by atoms with Crippen LogP contribution in [-0.2, 0) is 16.6 Å². The minimum absolute atomic E-state index is 0.0367. The van der Waals surface area contributed by atoms with Crippen LogP contribution in [0.1, 0.15) is 32.0 Å². The summed E-state index contributed by atoms with van der Waals surface area (Å²) in [6.07, 6.45) is 4.57. The van der Waals surface area contributed by atoms with Gasteiger partial charge in [-0.2, -0.15) is 11.8 Å². The summed E-state index contributed by atoms with van der Waals surface area (Å²) in [5, 5.41) is 5.05. The zero-order valence-corrected chi connectivity index (χ0v) is 12.0. The van der Waals surface area contributed by atoms with Gasteiger partial charge in [0, 0.05) is 18.7 Å². The Hall–Kier alpha value is -0.530. The predicted octanol–water partition coefficient (Wildman–Crippen LogP) is 1.41. The van der Waals surface area contributed by atoms with Crippen molar-refractivity contribution in [2.24, 2.45) is 5.14 Å². The molecule has 7 heteroatoms. The van der Waals surface area contributed by atoms with Crippen LogP contribution < -0.4 is 5.14 Å². The Morgan fingerprint density at radius 3 is 2.65 bits per heavy atom. The normalized spacial score (nSPS) is 12.3. The van der Waals surface area contributed by atoms with Crippen molar-refractivity contribution in [2.45, 2.75) is 37.8 Å². The van der Waals surface area contributed by atoms with Gasteiger partial charge in [-0.05, 0) is 18.4 Å². The number of hydrogen-bond acceptors (Lipinski definition) is 4. The van der Waals surface area contributed by atoms with Crippen LogP contribution in [0.2, 0.25) is 0 Å². The third kappa shape index (κ3) is 4.01. The molecule has 2 N–H and O–H groups in total. The Labute approximate surface area is 107 Å². The minimum Gasteiger partial charge on any atom is -0.333 e. The Morgan fingerprint density at radius 2 is 2.18 bits per heavy atom. The van der Waals surface area contributed by atoms with E-state index in [0.717, 1.165) is 24.5 Å². The molecule has 0 amide bonds. The second-order valence-electron chi connectivity index (χ2n) is 4.18. The van der Waals surface area contributed by atoms with E-state index < -0.39 is 10.0 Å². The van der Waals surface area contributed by atoms with E-state index in [0.29, 0.717) is 0 Å². The maximum Gasteiger partial charge on any atom is 0.257 e. The molecule has 0 aliphatic carbocycles. The fraction of sp³-hybridized carbons (Fsp3) is 0.700. The topological polar surface area (TPSA) is 78.0 Å². The van der Waals surface area contributed by atoms with E-state index in [9.17, 15) is 8.42 Å². The molecular weight excluding hydrogens is 258 g/mol. The molecule has 17 heavy (non-hydrogen) atoms. The van der Waals surface area contributed by atoms with E-state index in [4.69, 9.17) is 5.14 Å². The number of aryl methyl sites for hydroxylation is 1. The molecule has 0 atom stereocenters. The lowest BCUT2D eigenvalue weighted by molar-refractivity contribution is 0.594. The number of thioether (sulfide) groups is 1. The molecule has 1 aromatic rings. The molecule has 0 bridgehead atoms. The lowest BCUT2D eigenvalue weighted by Crippen LogP contribution is -2.12. The number of nitrogens with two attached hydrogens (primary N) is 1. The lowest BCUT2D eigenvalue weighted by Gasteiger charge is -2.09. The molecule has 0 saturated heterocycles. The van der Waals surface area contributed by atoms with Crippen molar-refractivity contribution in [1.82, 2.24) is 9.55 Å². The summed E-state index contributed by atoms with van der Waals surface area (Å²) in [4.78, 5) is 4.10. The van der Waals surface area contributed by atoms with Crippen molar-refractivity contribution >= 4 is 21.8 Å². The van der Waals surface area contributed by atoms with Crippen LogP contribution in [-0.4, -0.2) is 30.0 Å². The van der Waals surface area contributed by atoms with Gasteiger partial charge >= 0.3 is 0 Å². The smallest absolute Gasteiger partial charge is 0.257 e. The summed E-state index contributed by atoms with van der Waals surface area (Å²) in [6.45, 7) is 4.75. The first-order valence-electron chi connectivity index (χ1n) is 5.45. The first kappa shape index (κ1) is 14.5. The number of aromatic nitrogens is 2. The van der Waals surface area contributed by atoms with Gasteiger partial charge in [0.05, 0.1) is 0 Å². The molecule has 0 radical (unpaired) electrons. The SMILES string of the molecule is CSCCCn1cc(S(N)(=O)=O)nc1C(C)C. The molecule has 1 rings (SSSR count). The highest BCUT2D eigenvalue weighted by molar-refractivity contribution is 7.98. The Morgan fingerprint density at radius 1 is 1.53 bits per heavy atom. The Bertz CT molecular complexity index is 466. The highest BCUT2D eigenvalue weighted by Gasteiger charge is 2.17. The summed E-state index contributed by atoms with van der Waals surface area (Å²) < 4.78 is 24.4. The van der Waals surface area contributed by atoms with Gasteiger partial charge in [0.1, 0.15) is 5.82 Å². The van der Waals surface area contributed by atoms with E-state index in [1.54, 1.807) is 11.8 Å². The summed E-state index contributed by atoms with van der Waals surface area (Å²) in [5.74, 6) is 2.00. The lowest BCUT2D eigenvalue weighted by atomic mass is 10.2. The summed E-state index contributed by atoms with van der Waals surface area (Å²) in [6, 6.07) is 0. The second-order valence-corrected chi connectivity index (χ2v) is 6.67. The number of hydrogen-bond donors (Lipinski definition) is 1. The molecule has 0 unspecified atom stereocenters. The highest BCUT2D eigenvalue weighted by atomic mass is 32.2. The standard InChI is InChI=1S/C10H19N3O2S2/c1-8(2)10-12-9(17(11,14)15)7-13(10)5-4-6-16-3/h7-8H,4-6H2,1-3H3,(H2,11,14,15). The highest BCUT2D eigenvalue weighted by Crippen LogP contribution is 2.17. The van der Waals surface area contributed by atoms with Crippen LogP contribution in [0.4, 0.5) is 0 Å². The van der Waals surface area contributed by atoms with E-state index in [1.165, 1.54) is 6.20 Å². The molecular formula is C10H19N3O2S2. The van der Waals surface area contributed by atoms with Gasteiger partial charge in [-0.25, -0.2) is 18.5 Å². The molecule has 0 saturated carbocycles. The molecule has 0 spiro atoms. The fourth-order valence-electron chi connectivity index (χ4n) is 1.56. The number of primary sulfonamides is 1. The maximum absolute atomic E-state index is 11.2. The van der Waals surface area contributed by atoms with Gasteiger partial charge in [-0.3, -0.25) is 0 Å². The van der Waals surface area contributed by atoms with Gasteiger partial charge < -0.3 is 4.57 Å². The average Bonchev–Trinajstić information content (AvgIpc) is 2.61.